The number of benzene rings is 1. The summed E-state index contributed by atoms with van der Waals surface area (Å²) in [6, 6.07) is 10.1. The molecule has 0 aliphatic heterocycles. The van der Waals surface area contributed by atoms with Crippen molar-refractivity contribution >= 4 is 5.69 Å². The molecule has 2 rings (SSSR count). The van der Waals surface area contributed by atoms with Crippen molar-refractivity contribution in [2.24, 2.45) is 0 Å². The number of anilines is 1. The Morgan fingerprint density at radius 3 is 2.39 bits per heavy atom. The van der Waals surface area contributed by atoms with Crippen LogP contribution in [0.1, 0.15) is 35.6 Å². The van der Waals surface area contributed by atoms with Gasteiger partial charge in [0.2, 0.25) is 0 Å². The fraction of sp³-hybridized carbons (Fsp3) is 0.333. The highest BCUT2D eigenvalue weighted by molar-refractivity contribution is 5.39. The summed E-state index contributed by atoms with van der Waals surface area (Å²) in [6.45, 7) is 6.14. The van der Waals surface area contributed by atoms with Gasteiger partial charge in [-0.05, 0) is 44.0 Å². The lowest BCUT2D eigenvalue weighted by Gasteiger charge is -2.12. The summed E-state index contributed by atoms with van der Waals surface area (Å²) in [5, 5.41) is 0. The van der Waals surface area contributed by atoms with Crippen LogP contribution in [0.3, 0.4) is 0 Å². The maximum Gasteiger partial charge on any atom is 0.125 e. The number of nitrogens with two attached hydrogens (primary N) is 1. The van der Waals surface area contributed by atoms with Crippen molar-refractivity contribution < 1.29 is 0 Å². The van der Waals surface area contributed by atoms with Crippen molar-refractivity contribution in [2.45, 2.75) is 33.1 Å². The topological polar surface area (TPSA) is 51.8 Å². The van der Waals surface area contributed by atoms with Crippen LogP contribution >= 0.6 is 0 Å². The van der Waals surface area contributed by atoms with Crippen molar-refractivity contribution in [3.8, 4) is 0 Å². The van der Waals surface area contributed by atoms with Crippen LogP contribution in [-0.2, 0) is 6.42 Å². The van der Waals surface area contributed by atoms with Gasteiger partial charge in [-0.15, -0.1) is 0 Å². The molecular weight excluding hydrogens is 222 g/mol. The Balaban J connectivity index is 2.16. The first kappa shape index (κ1) is 12.6. The molecule has 1 unspecified atom stereocenters. The molecule has 2 N–H and O–H groups in total. The predicted octanol–water partition coefficient (Wildman–Crippen LogP) is 3.02. The molecular formula is C15H19N3. The summed E-state index contributed by atoms with van der Waals surface area (Å²) in [5.74, 6) is 1.23. The van der Waals surface area contributed by atoms with Gasteiger partial charge in [0.05, 0.1) is 0 Å². The van der Waals surface area contributed by atoms with E-state index in [0.717, 1.165) is 29.3 Å². The maximum atomic E-state index is 5.69. The molecule has 2 aromatic rings. The van der Waals surface area contributed by atoms with E-state index in [9.17, 15) is 0 Å². The minimum absolute atomic E-state index is 0.383. The first-order valence-corrected chi connectivity index (χ1v) is 6.21. The minimum atomic E-state index is 0.383. The number of hydrogen-bond donors (Lipinski definition) is 1. The zero-order chi connectivity index (χ0) is 13.1. The number of hydrogen-bond acceptors (Lipinski definition) is 3. The van der Waals surface area contributed by atoms with Crippen LogP contribution < -0.4 is 5.73 Å². The second-order valence-electron chi connectivity index (χ2n) is 4.83. The van der Waals surface area contributed by atoms with Crippen LogP contribution in [0.2, 0.25) is 0 Å². The second kappa shape index (κ2) is 5.17. The number of aryl methyl sites for hydroxylation is 2. The zero-order valence-electron chi connectivity index (χ0n) is 11.1. The van der Waals surface area contributed by atoms with E-state index in [2.05, 4.69) is 35.1 Å². The number of rotatable bonds is 3. The smallest absolute Gasteiger partial charge is 0.125 e. The summed E-state index contributed by atoms with van der Waals surface area (Å²) >= 11 is 0. The third-order valence-electron chi connectivity index (χ3n) is 3.01. The van der Waals surface area contributed by atoms with E-state index < -0.39 is 0 Å². The predicted molar refractivity (Wildman–Crippen MR) is 74.5 cm³/mol. The Hall–Kier alpha value is -1.90. The van der Waals surface area contributed by atoms with Gasteiger partial charge >= 0.3 is 0 Å². The molecule has 94 valence electrons. The molecule has 0 fully saturated rings. The van der Waals surface area contributed by atoms with E-state index in [1.54, 1.807) is 0 Å². The molecule has 0 saturated heterocycles. The van der Waals surface area contributed by atoms with Crippen LogP contribution in [0.15, 0.2) is 30.3 Å². The lowest BCUT2D eigenvalue weighted by molar-refractivity contribution is 0.717. The first-order chi connectivity index (χ1) is 8.54. The second-order valence-corrected chi connectivity index (χ2v) is 4.83. The normalized spacial score (nSPS) is 12.4. The Kier molecular flexibility index (Phi) is 3.60. The molecule has 0 spiro atoms. The Morgan fingerprint density at radius 1 is 1.11 bits per heavy atom. The van der Waals surface area contributed by atoms with Gasteiger partial charge in [0.25, 0.3) is 0 Å². The lowest BCUT2D eigenvalue weighted by atomic mass is 9.97. The van der Waals surface area contributed by atoms with Gasteiger partial charge < -0.3 is 5.73 Å². The van der Waals surface area contributed by atoms with Crippen LogP contribution in [-0.4, -0.2) is 9.97 Å². The lowest BCUT2D eigenvalue weighted by Crippen LogP contribution is -2.04. The van der Waals surface area contributed by atoms with Crippen molar-refractivity contribution in [3.05, 3.63) is 53.1 Å². The molecule has 0 aliphatic carbocycles. The Bertz CT molecular complexity index is 512. The summed E-state index contributed by atoms with van der Waals surface area (Å²) in [5.41, 5.74) is 9.91. The summed E-state index contributed by atoms with van der Waals surface area (Å²) < 4.78 is 0. The van der Waals surface area contributed by atoms with E-state index in [1.165, 1.54) is 5.56 Å². The monoisotopic (exact) mass is 241 g/mol. The van der Waals surface area contributed by atoms with Crippen molar-refractivity contribution in [1.82, 2.24) is 9.97 Å². The van der Waals surface area contributed by atoms with Gasteiger partial charge in [0.15, 0.2) is 0 Å². The van der Waals surface area contributed by atoms with Gasteiger partial charge in [-0.3, -0.25) is 0 Å². The highest BCUT2D eigenvalue weighted by Crippen LogP contribution is 2.20. The average Bonchev–Trinajstić information content (AvgIpc) is 2.31. The van der Waals surface area contributed by atoms with Gasteiger partial charge in [-0.25, -0.2) is 9.97 Å². The van der Waals surface area contributed by atoms with Crippen molar-refractivity contribution in [3.63, 3.8) is 0 Å². The van der Waals surface area contributed by atoms with Crippen molar-refractivity contribution in [1.29, 1.82) is 0 Å². The molecule has 0 radical (unpaired) electrons. The largest absolute Gasteiger partial charge is 0.399 e. The third-order valence-corrected chi connectivity index (χ3v) is 3.01. The Morgan fingerprint density at radius 2 is 1.78 bits per heavy atom. The van der Waals surface area contributed by atoms with Crippen LogP contribution in [0, 0.1) is 13.8 Å². The molecule has 3 heteroatoms. The molecule has 0 aliphatic rings. The van der Waals surface area contributed by atoms with Crippen LogP contribution in [0.4, 0.5) is 5.69 Å². The van der Waals surface area contributed by atoms with Crippen molar-refractivity contribution in [2.75, 3.05) is 5.73 Å². The van der Waals surface area contributed by atoms with E-state index in [0.29, 0.717) is 5.92 Å². The summed E-state index contributed by atoms with van der Waals surface area (Å²) in [6.07, 6.45) is 0.968. The minimum Gasteiger partial charge on any atom is -0.399 e. The van der Waals surface area contributed by atoms with Gasteiger partial charge in [0.1, 0.15) is 5.82 Å². The van der Waals surface area contributed by atoms with Gasteiger partial charge in [-0.1, -0.05) is 19.1 Å². The van der Waals surface area contributed by atoms with E-state index in [4.69, 9.17) is 5.73 Å². The number of nitrogens with zero attached hydrogens (tertiary/aromatic N) is 2. The zero-order valence-corrected chi connectivity index (χ0v) is 11.1. The SMILES string of the molecule is Cc1cc(C(C)Cc2ccc(N)cc2)nc(C)n1. The fourth-order valence-electron chi connectivity index (χ4n) is 2.11. The van der Waals surface area contributed by atoms with E-state index >= 15 is 0 Å². The Labute approximate surface area is 108 Å². The quantitative estimate of drug-likeness (QED) is 0.840. The van der Waals surface area contributed by atoms with Gasteiger partial charge in [0, 0.05) is 23.0 Å². The molecule has 1 aromatic heterocycles. The third kappa shape index (κ3) is 3.06. The molecule has 0 saturated carbocycles. The molecule has 1 atom stereocenters. The maximum absolute atomic E-state index is 5.69. The summed E-state index contributed by atoms with van der Waals surface area (Å²) in [7, 11) is 0. The molecule has 1 heterocycles. The van der Waals surface area contributed by atoms with Crippen LogP contribution in [0.5, 0.6) is 0 Å². The highest BCUT2D eigenvalue weighted by atomic mass is 14.9. The summed E-state index contributed by atoms with van der Waals surface area (Å²) in [4.78, 5) is 8.82. The standard InChI is InChI=1S/C15H19N3/c1-10(8-13-4-6-14(16)7-5-13)15-9-11(2)17-12(3)18-15/h4-7,9-10H,8,16H2,1-3H3. The number of aromatic nitrogens is 2. The fourth-order valence-corrected chi connectivity index (χ4v) is 2.11. The molecule has 0 amide bonds. The van der Waals surface area contributed by atoms with E-state index in [-0.39, 0.29) is 0 Å². The molecule has 0 bridgehead atoms. The molecule has 3 nitrogen and oxygen atoms in total. The highest BCUT2D eigenvalue weighted by Gasteiger charge is 2.09. The molecule has 1 aromatic carbocycles. The van der Waals surface area contributed by atoms with Crippen LogP contribution in [0.25, 0.3) is 0 Å². The van der Waals surface area contributed by atoms with E-state index in [1.807, 2.05) is 26.0 Å². The molecule has 18 heavy (non-hydrogen) atoms. The average molecular weight is 241 g/mol. The first-order valence-electron chi connectivity index (χ1n) is 6.21. The van der Waals surface area contributed by atoms with Gasteiger partial charge in [-0.2, -0.15) is 0 Å². The number of nitrogen functional groups attached to an aromatic ring is 1.